The van der Waals surface area contributed by atoms with E-state index in [0.717, 1.165) is 13.0 Å². The van der Waals surface area contributed by atoms with Crippen LogP contribution < -0.4 is 5.32 Å². The molecule has 1 aromatic carbocycles. The van der Waals surface area contributed by atoms with Crippen LogP contribution in [0.15, 0.2) is 23.1 Å². The summed E-state index contributed by atoms with van der Waals surface area (Å²) in [6.07, 6.45) is 0.799. The molecule has 0 saturated carbocycles. The zero-order valence-electron chi connectivity index (χ0n) is 9.70. The second-order valence-corrected chi connectivity index (χ2v) is 6.92. The predicted molar refractivity (Wildman–Crippen MR) is 72.7 cm³/mol. The molecule has 0 atom stereocenters. The monoisotopic (exact) mass is 308 g/mol. The highest BCUT2D eigenvalue weighted by Crippen LogP contribution is 2.25. The first-order valence-corrected chi connectivity index (χ1v) is 7.87. The van der Waals surface area contributed by atoms with Gasteiger partial charge >= 0.3 is 0 Å². The molecule has 0 spiro atoms. The minimum Gasteiger partial charge on any atom is -0.315 e. The summed E-state index contributed by atoms with van der Waals surface area (Å²) in [5, 5.41) is 3.82. The highest BCUT2D eigenvalue weighted by Gasteiger charge is 2.25. The van der Waals surface area contributed by atoms with Crippen LogP contribution in [0.5, 0.6) is 0 Å². The van der Waals surface area contributed by atoms with Gasteiger partial charge in [0.25, 0.3) is 0 Å². The number of rotatable bonds is 2. The fraction of sp³-hybridized carbons (Fsp3) is 0.455. The Hall–Kier alpha value is -0.330. The molecule has 7 heteroatoms. The smallest absolute Gasteiger partial charge is 0.243 e. The second kappa shape index (κ2) is 5.75. The summed E-state index contributed by atoms with van der Waals surface area (Å²) in [5.41, 5.74) is 0. The summed E-state index contributed by atoms with van der Waals surface area (Å²) in [6.45, 7) is 2.47. The van der Waals surface area contributed by atoms with Crippen LogP contribution in [0, 0.1) is 0 Å². The first kappa shape index (κ1) is 14.1. The van der Waals surface area contributed by atoms with Gasteiger partial charge in [-0.1, -0.05) is 23.2 Å². The molecule has 0 aromatic heterocycles. The predicted octanol–water partition coefficient (Wildman–Crippen LogP) is 1.98. The minimum absolute atomic E-state index is 0.155. The summed E-state index contributed by atoms with van der Waals surface area (Å²) in [5.74, 6) is 0. The van der Waals surface area contributed by atoms with Crippen molar-refractivity contribution in [1.82, 2.24) is 9.62 Å². The van der Waals surface area contributed by atoms with Crippen LogP contribution in [-0.2, 0) is 10.0 Å². The molecule has 0 unspecified atom stereocenters. The van der Waals surface area contributed by atoms with E-state index >= 15 is 0 Å². The highest BCUT2D eigenvalue weighted by atomic mass is 35.5. The molecular weight excluding hydrogens is 295 g/mol. The molecule has 1 saturated heterocycles. The van der Waals surface area contributed by atoms with Crippen molar-refractivity contribution in [1.29, 1.82) is 0 Å². The quantitative estimate of drug-likeness (QED) is 0.909. The molecule has 1 aliphatic heterocycles. The van der Waals surface area contributed by atoms with Crippen molar-refractivity contribution < 1.29 is 8.42 Å². The van der Waals surface area contributed by atoms with Gasteiger partial charge in [0.15, 0.2) is 0 Å². The van der Waals surface area contributed by atoms with Gasteiger partial charge in [-0.3, -0.25) is 0 Å². The minimum atomic E-state index is -3.51. The summed E-state index contributed by atoms with van der Waals surface area (Å²) < 4.78 is 26.3. The Labute approximate surface area is 117 Å². The largest absolute Gasteiger partial charge is 0.315 e. The lowest BCUT2D eigenvalue weighted by Crippen LogP contribution is -2.34. The maximum atomic E-state index is 12.4. The Balaban J connectivity index is 2.34. The van der Waals surface area contributed by atoms with Gasteiger partial charge in [-0.25, -0.2) is 8.42 Å². The van der Waals surface area contributed by atoms with Crippen molar-refractivity contribution in [3.8, 4) is 0 Å². The summed E-state index contributed by atoms with van der Waals surface area (Å²) in [4.78, 5) is 0.155. The maximum Gasteiger partial charge on any atom is 0.243 e. The van der Waals surface area contributed by atoms with Gasteiger partial charge in [0, 0.05) is 29.7 Å². The Morgan fingerprint density at radius 3 is 2.39 bits per heavy atom. The van der Waals surface area contributed by atoms with Crippen LogP contribution in [0.3, 0.4) is 0 Å². The average molecular weight is 309 g/mol. The van der Waals surface area contributed by atoms with Crippen molar-refractivity contribution in [2.24, 2.45) is 0 Å². The number of nitrogens with zero attached hydrogens (tertiary/aromatic N) is 1. The standard InChI is InChI=1S/C11H14Cl2N2O2S/c12-9-6-10(13)8-11(7-9)18(16,17)15-4-1-2-14-3-5-15/h6-8,14H,1-5H2. The van der Waals surface area contributed by atoms with Crippen molar-refractivity contribution in [3.05, 3.63) is 28.2 Å². The van der Waals surface area contributed by atoms with E-state index in [9.17, 15) is 8.42 Å². The van der Waals surface area contributed by atoms with Crippen LogP contribution in [-0.4, -0.2) is 38.9 Å². The molecule has 1 aromatic rings. The van der Waals surface area contributed by atoms with Crippen molar-refractivity contribution in [3.63, 3.8) is 0 Å². The van der Waals surface area contributed by atoms with Gasteiger partial charge in [-0.2, -0.15) is 4.31 Å². The van der Waals surface area contributed by atoms with Crippen molar-refractivity contribution in [2.45, 2.75) is 11.3 Å². The number of benzene rings is 1. The molecule has 0 bridgehead atoms. The number of nitrogens with one attached hydrogen (secondary N) is 1. The van der Waals surface area contributed by atoms with Gasteiger partial charge in [0.05, 0.1) is 4.90 Å². The van der Waals surface area contributed by atoms with E-state index in [1.54, 1.807) is 0 Å². The third kappa shape index (κ3) is 3.16. The molecule has 18 heavy (non-hydrogen) atoms. The van der Waals surface area contributed by atoms with Crippen molar-refractivity contribution >= 4 is 33.2 Å². The molecule has 1 N–H and O–H groups in total. The normalized spacial score (nSPS) is 18.6. The summed E-state index contributed by atoms with van der Waals surface area (Å²) in [7, 11) is -3.51. The van der Waals surface area contributed by atoms with Crippen molar-refractivity contribution in [2.75, 3.05) is 26.2 Å². The third-order valence-electron chi connectivity index (χ3n) is 2.77. The number of halogens is 2. The van der Waals surface area contributed by atoms with E-state index in [2.05, 4.69) is 5.32 Å². The van der Waals surface area contributed by atoms with Crippen LogP contribution >= 0.6 is 23.2 Å². The lowest BCUT2D eigenvalue weighted by molar-refractivity contribution is 0.432. The van der Waals surface area contributed by atoms with E-state index in [-0.39, 0.29) is 4.90 Å². The van der Waals surface area contributed by atoms with E-state index in [1.807, 2.05) is 0 Å². The number of hydrogen-bond acceptors (Lipinski definition) is 3. The Bertz CT molecular complexity index is 506. The van der Waals surface area contributed by atoms with Crippen LogP contribution in [0.4, 0.5) is 0 Å². The highest BCUT2D eigenvalue weighted by molar-refractivity contribution is 7.89. The molecule has 0 amide bonds. The Morgan fingerprint density at radius 1 is 1.06 bits per heavy atom. The molecule has 1 heterocycles. The Morgan fingerprint density at radius 2 is 1.72 bits per heavy atom. The first-order valence-electron chi connectivity index (χ1n) is 5.67. The average Bonchev–Trinajstić information content (AvgIpc) is 2.56. The topological polar surface area (TPSA) is 49.4 Å². The van der Waals surface area contributed by atoms with E-state index in [0.29, 0.717) is 29.7 Å². The molecular formula is C11H14Cl2N2O2S. The molecule has 1 aliphatic rings. The van der Waals surface area contributed by atoms with Crippen LogP contribution in [0.25, 0.3) is 0 Å². The second-order valence-electron chi connectivity index (χ2n) is 4.11. The van der Waals surface area contributed by atoms with Crippen LogP contribution in [0.1, 0.15) is 6.42 Å². The van der Waals surface area contributed by atoms with E-state index in [4.69, 9.17) is 23.2 Å². The zero-order valence-corrected chi connectivity index (χ0v) is 12.0. The molecule has 2 rings (SSSR count). The summed E-state index contributed by atoms with van der Waals surface area (Å²) >= 11 is 11.7. The summed E-state index contributed by atoms with van der Waals surface area (Å²) in [6, 6.07) is 4.38. The Kier molecular flexibility index (Phi) is 4.50. The lowest BCUT2D eigenvalue weighted by atomic mass is 10.4. The molecule has 100 valence electrons. The SMILES string of the molecule is O=S(=O)(c1cc(Cl)cc(Cl)c1)N1CCCNCC1. The lowest BCUT2D eigenvalue weighted by Gasteiger charge is -2.19. The number of hydrogen-bond donors (Lipinski definition) is 1. The fourth-order valence-corrected chi connectivity index (χ4v) is 4.09. The van der Waals surface area contributed by atoms with Gasteiger partial charge in [-0.15, -0.1) is 0 Å². The molecule has 4 nitrogen and oxygen atoms in total. The van der Waals surface area contributed by atoms with Gasteiger partial charge in [0.1, 0.15) is 0 Å². The zero-order chi connectivity index (χ0) is 13.2. The van der Waals surface area contributed by atoms with Gasteiger partial charge in [0.2, 0.25) is 10.0 Å². The first-order chi connectivity index (χ1) is 8.50. The van der Waals surface area contributed by atoms with Crippen LogP contribution in [0.2, 0.25) is 10.0 Å². The van der Waals surface area contributed by atoms with E-state index in [1.165, 1.54) is 22.5 Å². The van der Waals surface area contributed by atoms with Gasteiger partial charge in [-0.05, 0) is 31.2 Å². The fourth-order valence-electron chi connectivity index (χ4n) is 1.89. The third-order valence-corrected chi connectivity index (χ3v) is 5.09. The molecule has 0 radical (unpaired) electrons. The van der Waals surface area contributed by atoms with Gasteiger partial charge < -0.3 is 5.32 Å². The number of sulfonamides is 1. The molecule has 0 aliphatic carbocycles. The maximum absolute atomic E-state index is 12.4. The van der Waals surface area contributed by atoms with E-state index < -0.39 is 10.0 Å². The molecule has 1 fully saturated rings.